The molecule has 0 saturated carbocycles. The van der Waals surface area contributed by atoms with Crippen molar-refractivity contribution >= 4 is 29.4 Å². The molecule has 2 aromatic rings. The van der Waals surface area contributed by atoms with Crippen LogP contribution in [0.25, 0.3) is 0 Å². The van der Waals surface area contributed by atoms with Gasteiger partial charge in [-0.15, -0.1) is 0 Å². The molecule has 0 bridgehead atoms. The molecule has 0 unspecified atom stereocenters. The van der Waals surface area contributed by atoms with Gasteiger partial charge in [-0.25, -0.2) is 14.8 Å². The highest BCUT2D eigenvalue weighted by Gasteiger charge is 2.18. The Morgan fingerprint density at radius 2 is 1.59 bits per heavy atom. The number of hydrogen-bond acceptors (Lipinski definition) is 6. The van der Waals surface area contributed by atoms with Crippen LogP contribution in [0.15, 0.2) is 42.7 Å². The van der Waals surface area contributed by atoms with E-state index < -0.39 is 17.8 Å². The number of nitrogens with zero attached hydrogens (tertiary/aromatic N) is 2. The molecule has 22 heavy (non-hydrogen) atoms. The summed E-state index contributed by atoms with van der Waals surface area (Å²) in [6, 6.07) is 7.75. The first-order valence-electron chi connectivity index (χ1n) is 6.18. The van der Waals surface area contributed by atoms with Crippen molar-refractivity contribution in [2.45, 2.75) is 0 Å². The molecule has 1 heterocycles. The van der Waals surface area contributed by atoms with Crippen LogP contribution in [-0.2, 0) is 14.3 Å². The van der Waals surface area contributed by atoms with Gasteiger partial charge in [-0.2, -0.15) is 0 Å². The van der Waals surface area contributed by atoms with Crippen LogP contribution >= 0.6 is 0 Å². The summed E-state index contributed by atoms with van der Waals surface area (Å²) < 4.78 is 4.60. The third kappa shape index (κ3) is 3.63. The van der Waals surface area contributed by atoms with Crippen molar-refractivity contribution < 1.29 is 19.1 Å². The van der Waals surface area contributed by atoms with E-state index in [0.717, 1.165) is 0 Å². The van der Waals surface area contributed by atoms with E-state index in [1.807, 2.05) is 0 Å². The van der Waals surface area contributed by atoms with Crippen LogP contribution in [0, 0.1) is 0 Å². The van der Waals surface area contributed by atoms with Crippen LogP contribution in [-0.4, -0.2) is 34.9 Å². The van der Waals surface area contributed by atoms with Crippen molar-refractivity contribution in [1.82, 2.24) is 9.97 Å². The minimum atomic E-state index is -0.955. The molecule has 8 nitrogen and oxygen atoms in total. The third-order valence-electron chi connectivity index (χ3n) is 2.58. The molecular weight excluding hydrogens is 288 g/mol. The average Bonchev–Trinajstić information content (AvgIpc) is 2.55. The molecule has 0 spiro atoms. The van der Waals surface area contributed by atoms with Crippen molar-refractivity contribution in [3.8, 4) is 0 Å². The van der Waals surface area contributed by atoms with Crippen LogP contribution in [0.1, 0.15) is 10.4 Å². The molecule has 0 saturated heterocycles. The second-order valence-electron chi connectivity index (χ2n) is 4.02. The second kappa shape index (κ2) is 6.93. The zero-order valence-electron chi connectivity index (χ0n) is 11.6. The van der Waals surface area contributed by atoms with Gasteiger partial charge in [-0.05, 0) is 18.2 Å². The molecule has 0 aliphatic rings. The summed E-state index contributed by atoms with van der Waals surface area (Å²) in [6.07, 6.45) is 2.85. The molecule has 8 heteroatoms. The molecule has 2 rings (SSSR count). The monoisotopic (exact) mass is 300 g/mol. The van der Waals surface area contributed by atoms with Crippen molar-refractivity contribution in [2.24, 2.45) is 0 Å². The van der Waals surface area contributed by atoms with E-state index in [9.17, 15) is 14.4 Å². The molecule has 1 aromatic heterocycles. The number of carbonyl (C=O) groups is 3. The summed E-state index contributed by atoms with van der Waals surface area (Å²) in [7, 11) is 1.22. The van der Waals surface area contributed by atoms with Gasteiger partial charge in [0, 0.05) is 12.4 Å². The minimum Gasteiger partial charge on any atom is -0.465 e. The minimum absolute atomic E-state index is 0.00361. The van der Waals surface area contributed by atoms with Gasteiger partial charge in [0.15, 0.2) is 0 Å². The van der Waals surface area contributed by atoms with Gasteiger partial charge in [-0.1, -0.05) is 12.1 Å². The highest BCUT2D eigenvalue weighted by Crippen LogP contribution is 2.15. The quantitative estimate of drug-likeness (QED) is 0.642. The predicted molar refractivity (Wildman–Crippen MR) is 77.1 cm³/mol. The Hall–Kier alpha value is -3.29. The van der Waals surface area contributed by atoms with Crippen molar-refractivity contribution in [1.29, 1.82) is 0 Å². The first-order chi connectivity index (χ1) is 10.6. The van der Waals surface area contributed by atoms with Crippen LogP contribution in [0.5, 0.6) is 0 Å². The molecule has 0 aliphatic heterocycles. The Kier molecular flexibility index (Phi) is 4.76. The highest BCUT2D eigenvalue weighted by molar-refractivity contribution is 6.43. The number of anilines is 2. The van der Waals surface area contributed by atoms with Crippen molar-refractivity contribution in [3.63, 3.8) is 0 Å². The van der Waals surface area contributed by atoms with E-state index in [1.165, 1.54) is 31.6 Å². The number of methoxy groups -OCH3 is 1. The fourth-order valence-electron chi connectivity index (χ4n) is 1.58. The summed E-state index contributed by atoms with van der Waals surface area (Å²) in [4.78, 5) is 42.7. The number of rotatable bonds is 3. The molecule has 112 valence electrons. The lowest BCUT2D eigenvalue weighted by Crippen LogP contribution is -2.30. The van der Waals surface area contributed by atoms with Gasteiger partial charge >= 0.3 is 17.8 Å². The first-order valence-corrected chi connectivity index (χ1v) is 6.18. The third-order valence-corrected chi connectivity index (χ3v) is 2.58. The first kappa shape index (κ1) is 15.1. The Bertz CT molecular complexity index is 703. The van der Waals surface area contributed by atoms with Gasteiger partial charge in [0.25, 0.3) is 0 Å². The largest absolute Gasteiger partial charge is 0.465 e. The van der Waals surface area contributed by atoms with E-state index in [-0.39, 0.29) is 17.2 Å². The standard InChI is InChI=1S/C14H12N4O4/c1-22-13(21)9-5-2-3-6-10(9)17-11(19)12(20)18-14-15-7-4-8-16-14/h2-8H,1H3,(H,17,19)(H,15,16,18,20). The maximum atomic E-state index is 11.8. The summed E-state index contributed by atoms with van der Waals surface area (Å²) in [5.41, 5.74) is 0.311. The normalized spacial score (nSPS) is 9.68. The predicted octanol–water partition coefficient (Wildman–Crippen LogP) is 0.840. The van der Waals surface area contributed by atoms with Gasteiger partial charge in [0.1, 0.15) is 0 Å². The van der Waals surface area contributed by atoms with Crippen LogP contribution < -0.4 is 10.6 Å². The number of nitrogens with one attached hydrogen (secondary N) is 2. The average molecular weight is 300 g/mol. The van der Waals surface area contributed by atoms with Crippen LogP contribution in [0.2, 0.25) is 0 Å². The second-order valence-corrected chi connectivity index (χ2v) is 4.02. The molecule has 2 amide bonds. The summed E-state index contributed by atoms with van der Waals surface area (Å²) in [6.45, 7) is 0. The number of ether oxygens (including phenoxy) is 1. The smallest absolute Gasteiger partial charge is 0.339 e. The molecule has 0 fully saturated rings. The number of amides is 2. The Balaban J connectivity index is 2.09. The number of benzene rings is 1. The number of aromatic nitrogens is 2. The number of para-hydroxylation sites is 1. The maximum Gasteiger partial charge on any atom is 0.339 e. The Morgan fingerprint density at radius 3 is 2.27 bits per heavy atom. The zero-order valence-corrected chi connectivity index (χ0v) is 11.6. The summed E-state index contributed by atoms with van der Waals surface area (Å²) in [5.74, 6) is -2.53. The van der Waals surface area contributed by atoms with E-state index in [4.69, 9.17) is 0 Å². The van der Waals surface area contributed by atoms with E-state index in [0.29, 0.717) is 0 Å². The lowest BCUT2D eigenvalue weighted by molar-refractivity contribution is -0.133. The number of esters is 1. The molecule has 0 aliphatic carbocycles. The lowest BCUT2D eigenvalue weighted by atomic mass is 10.2. The van der Waals surface area contributed by atoms with Gasteiger partial charge in [0.05, 0.1) is 18.4 Å². The van der Waals surface area contributed by atoms with E-state index in [2.05, 4.69) is 25.3 Å². The van der Waals surface area contributed by atoms with E-state index in [1.54, 1.807) is 18.2 Å². The molecule has 0 radical (unpaired) electrons. The van der Waals surface area contributed by atoms with E-state index >= 15 is 0 Å². The van der Waals surface area contributed by atoms with Gasteiger partial charge < -0.3 is 10.1 Å². The Morgan fingerprint density at radius 1 is 0.955 bits per heavy atom. The van der Waals surface area contributed by atoms with Crippen molar-refractivity contribution in [3.05, 3.63) is 48.3 Å². The van der Waals surface area contributed by atoms with Crippen LogP contribution in [0.3, 0.4) is 0 Å². The number of hydrogen-bond donors (Lipinski definition) is 2. The van der Waals surface area contributed by atoms with Crippen molar-refractivity contribution in [2.75, 3.05) is 17.7 Å². The summed E-state index contributed by atoms with van der Waals surface area (Å²) >= 11 is 0. The van der Waals surface area contributed by atoms with Gasteiger partial charge in [0.2, 0.25) is 5.95 Å². The SMILES string of the molecule is COC(=O)c1ccccc1NC(=O)C(=O)Nc1ncccn1. The highest BCUT2D eigenvalue weighted by atomic mass is 16.5. The molecule has 1 aromatic carbocycles. The molecule has 0 atom stereocenters. The number of carbonyl (C=O) groups excluding carboxylic acids is 3. The lowest BCUT2D eigenvalue weighted by Gasteiger charge is -2.09. The topological polar surface area (TPSA) is 110 Å². The Labute approximate surface area is 125 Å². The fraction of sp³-hybridized carbons (Fsp3) is 0.0714. The summed E-state index contributed by atoms with van der Waals surface area (Å²) in [5, 5.41) is 4.57. The molecule has 2 N–H and O–H groups in total. The van der Waals surface area contributed by atoms with Crippen LogP contribution in [0.4, 0.5) is 11.6 Å². The molecular formula is C14H12N4O4. The maximum absolute atomic E-state index is 11.8. The fourth-order valence-corrected chi connectivity index (χ4v) is 1.58. The van der Waals surface area contributed by atoms with Gasteiger partial charge in [-0.3, -0.25) is 14.9 Å². The zero-order chi connectivity index (χ0) is 15.9.